The largest absolute Gasteiger partial charge is 0.107 e. The van der Waals surface area contributed by atoms with Gasteiger partial charge in [0.15, 0.2) is 0 Å². The first kappa shape index (κ1) is 10.0. The van der Waals surface area contributed by atoms with Crippen molar-refractivity contribution in [3.8, 4) is 0 Å². The number of hydrogen-bond donors (Lipinski definition) is 0. The second-order valence-electron chi connectivity index (χ2n) is 4.14. The van der Waals surface area contributed by atoms with Gasteiger partial charge in [-0.2, -0.15) is 0 Å². The van der Waals surface area contributed by atoms with Crippen molar-refractivity contribution in [1.82, 2.24) is 0 Å². The summed E-state index contributed by atoms with van der Waals surface area (Å²) in [6.45, 7) is 0. The molecule has 0 aromatic heterocycles. The topological polar surface area (TPSA) is 0 Å². The number of hydrogen-bond acceptors (Lipinski definition) is 0. The van der Waals surface area contributed by atoms with Crippen LogP contribution in [0, 0.1) is 0 Å². The van der Waals surface area contributed by atoms with Gasteiger partial charge < -0.3 is 0 Å². The van der Waals surface area contributed by atoms with E-state index in [9.17, 15) is 0 Å². The molecule has 1 aromatic carbocycles. The number of allylic oxidation sites excluding steroid dienone is 1. The molecule has 2 atom stereocenters. The summed E-state index contributed by atoms with van der Waals surface area (Å²) in [5.74, 6) is 0.775. The lowest BCUT2D eigenvalue weighted by atomic mass is 9.92. The third kappa shape index (κ3) is 1.28. The molecule has 2 aliphatic carbocycles. The molecule has 0 N–H and O–H groups in total. The second-order valence-corrected chi connectivity index (χ2v) is 5.50. The summed E-state index contributed by atoms with van der Waals surface area (Å²) < 4.78 is 0.440. The molecule has 0 nitrogen and oxygen atoms in total. The Balaban J connectivity index is 2.26. The molecular weight excluding hydrogens is 250 g/mol. The van der Waals surface area contributed by atoms with Crippen LogP contribution in [0.25, 0.3) is 0 Å². The maximum Gasteiger partial charge on any atom is 0.107 e. The number of benzene rings is 1. The van der Waals surface area contributed by atoms with E-state index in [1.165, 1.54) is 16.7 Å². The van der Waals surface area contributed by atoms with Crippen LogP contribution in [0.3, 0.4) is 0 Å². The van der Waals surface area contributed by atoms with E-state index in [0.717, 1.165) is 17.9 Å². The van der Waals surface area contributed by atoms with Crippen molar-refractivity contribution in [3.63, 3.8) is 0 Å². The summed E-state index contributed by atoms with van der Waals surface area (Å²) in [5, 5.41) is 0.854. The summed E-state index contributed by atoms with van der Waals surface area (Å²) in [6, 6.07) is 6.09. The van der Waals surface area contributed by atoms with Crippen molar-refractivity contribution in [1.29, 1.82) is 0 Å². The first-order chi connectivity index (χ1) is 7.20. The lowest BCUT2D eigenvalue weighted by molar-refractivity contribution is 0.717. The molecule has 78 valence electrons. The molecule has 0 aliphatic heterocycles. The molecule has 0 radical (unpaired) electrons. The Hall–Kier alpha value is -0.170. The summed E-state index contributed by atoms with van der Waals surface area (Å²) in [7, 11) is 0. The molecule has 2 bridgehead atoms. The normalized spacial score (nSPS) is 27.0. The van der Waals surface area contributed by atoms with Gasteiger partial charge in [-0.1, -0.05) is 46.9 Å². The molecule has 3 heteroatoms. The zero-order chi connectivity index (χ0) is 10.6. The highest BCUT2D eigenvalue weighted by Gasteiger charge is 2.43. The van der Waals surface area contributed by atoms with Gasteiger partial charge >= 0.3 is 0 Å². The maximum absolute atomic E-state index is 6.22. The van der Waals surface area contributed by atoms with E-state index >= 15 is 0 Å². The fourth-order valence-corrected chi connectivity index (χ4v) is 3.84. The Morgan fingerprint density at radius 2 is 1.87 bits per heavy atom. The predicted octanol–water partition coefficient (Wildman–Crippen LogP) is 5.00. The minimum atomic E-state index is 0.365. The quantitative estimate of drug-likeness (QED) is 0.615. The van der Waals surface area contributed by atoms with E-state index in [4.69, 9.17) is 34.8 Å². The third-order valence-corrected chi connectivity index (χ3v) is 4.29. The standard InChI is InChI=1S/C12H9Cl3/c13-9-3-1-2-6-7-4-5-8(10(6)9)11(7)12(14)15/h1-3,7-8H,4-5H2. The lowest BCUT2D eigenvalue weighted by Crippen LogP contribution is -1.97. The Bertz CT molecular complexity index is 458. The molecule has 2 aliphatic rings. The molecule has 0 amide bonds. The molecule has 0 spiro atoms. The molecule has 3 rings (SSSR count). The highest BCUT2D eigenvalue weighted by Crippen LogP contribution is 2.60. The fourth-order valence-electron chi connectivity index (χ4n) is 3.00. The van der Waals surface area contributed by atoms with Gasteiger partial charge in [-0.05, 0) is 35.6 Å². The van der Waals surface area contributed by atoms with Crippen molar-refractivity contribution in [2.45, 2.75) is 24.7 Å². The average molecular weight is 260 g/mol. The predicted molar refractivity (Wildman–Crippen MR) is 64.9 cm³/mol. The van der Waals surface area contributed by atoms with Crippen molar-refractivity contribution >= 4 is 34.8 Å². The third-order valence-electron chi connectivity index (χ3n) is 3.52. The minimum Gasteiger partial charge on any atom is -0.0840 e. The molecule has 1 fully saturated rings. The molecule has 0 heterocycles. The van der Waals surface area contributed by atoms with Crippen LogP contribution in [0.5, 0.6) is 0 Å². The molecule has 1 aromatic rings. The summed E-state index contributed by atoms with van der Waals surface area (Å²) >= 11 is 18.1. The highest BCUT2D eigenvalue weighted by molar-refractivity contribution is 6.56. The smallest absolute Gasteiger partial charge is 0.0840 e. The van der Waals surface area contributed by atoms with Gasteiger partial charge in [0.1, 0.15) is 4.49 Å². The van der Waals surface area contributed by atoms with Crippen molar-refractivity contribution in [2.24, 2.45) is 0 Å². The van der Waals surface area contributed by atoms with Crippen LogP contribution >= 0.6 is 34.8 Å². The number of fused-ring (bicyclic) bond motifs is 5. The van der Waals surface area contributed by atoms with Gasteiger partial charge in [0.2, 0.25) is 0 Å². The first-order valence-electron chi connectivity index (χ1n) is 5.03. The van der Waals surface area contributed by atoms with Crippen LogP contribution in [-0.2, 0) is 0 Å². The van der Waals surface area contributed by atoms with Gasteiger partial charge in [0.25, 0.3) is 0 Å². The van der Waals surface area contributed by atoms with Crippen LogP contribution in [0.1, 0.15) is 35.8 Å². The fraction of sp³-hybridized carbons (Fsp3) is 0.333. The van der Waals surface area contributed by atoms with Crippen LogP contribution in [0.15, 0.2) is 28.3 Å². The maximum atomic E-state index is 6.22. The summed E-state index contributed by atoms with van der Waals surface area (Å²) in [5.41, 5.74) is 3.76. The Morgan fingerprint density at radius 3 is 2.53 bits per heavy atom. The molecule has 1 saturated carbocycles. The van der Waals surface area contributed by atoms with Crippen LogP contribution < -0.4 is 0 Å². The summed E-state index contributed by atoms with van der Waals surface area (Å²) in [4.78, 5) is 0. The number of halogens is 3. The average Bonchev–Trinajstić information content (AvgIpc) is 2.73. The first-order valence-corrected chi connectivity index (χ1v) is 6.17. The molecule has 0 saturated heterocycles. The van der Waals surface area contributed by atoms with Gasteiger partial charge in [-0.3, -0.25) is 0 Å². The van der Waals surface area contributed by atoms with Gasteiger partial charge in [0, 0.05) is 16.9 Å². The monoisotopic (exact) mass is 258 g/mol. The van der Waals surface area contributed by atoms with Gasteiger partial charge in [-0.15, -0.1) is 0 Å². The Kier molecular flexibility index (Phi) is 2.28. The van der Waals surface area contributed by atoms with Crippen molar-refractivity contribution in [3.05, 3.63) is 44.4 Å². The van der Waals surface area contributed by atoms with Crippen LogP contribution in [0.2, 0.25) is 5.02 Å². The highest BCUT2D eigenvalue weighted by atomic mass is 35.5. The van der Waals surface area contributed by atoms with E-state index in [2.05, 4.69) is 6.07 Å². The second kappa shape index (κ2) is 3.41. The van der Waals surface area contributed by atoms with Crippen molar-refractivity contribution in [2.75, 3.05) is 0 Å². The van der Waals surface area contributed by atoms with E-state index < -0.39 is 0 Å². The van der Waals surface area contributed by atoms with E-state index in [-0.39, 0.29) is 0 Å². The van der Waals surface area contributed by atoms with Crippen LogP contribution in [-0.4, -0.2) is 0 Å². The number of rotatable bonds is 0. The Labute approximate surface area is 104 Å². The van der Waals surface area contributed by atoms with Crippen molar-refractivity contribution < 1.29 is 0 Å². The zero-order valence-electron chi connectivity index (χ0n) is 7.93. The molecule has 15 heavy (non-hydrogen) atoms. The molecule has 2 unspecified atom stereocenters. The van der Waals surface area contributed by atoms with E-state index in [1.54, 1.807) is 0 Å². The lowest BCUT2D eigenvalue weighted by Gasteiger charge is -2.14. The Morgan fingerprint density at radius 1 is 1.13 bits per heavy atom. The van der Waals surface area contributed by atoms with Crippen LogP contribution in [0.4, 0.5) is 0 Å². The van der Waals surface area contributed by atoms with Gasteiger partial charge in [0.05, 0.1) is 0 Å². The minimum absolute atomic E-state index is 0.365. The summed E-state index contributed by atoms with van der Waals surface area (Å²) in [6.07, 6.45) is 2.27. The zero-order valence-corrected chi connectivity index (χ0v) is 10.2. The van der Waals surface area contributed by atoms with E-state index in [0.29, 0.717) is 16.3 Å². The van der Waals surface area contributed by atoms with E-state index in [1.807, 2.05) is 12.1 Å². The molecular formula is C12H9Cl3. The SMILES string of the molecule is ClC(Cl)=C1C2CCC1c1c(Cl)cccc12. The van der Waals surface area contributed by atoms with Gasteiger partial charge in [-0.25, -0.2) is 0 Å².